The second-order valence-electron chi connectivity index (χ2n) is 3.08. The molecule has 0 saturated heterocycles. The van der Waals surface area contributed by atoms with E-state index < -0.39 is 11.9 Å². The minimum atomic E-state index is -0.820. The van der Waals surface area contributed by atoms with Gasteiger partial charge >= 0.3 is 6.03 Å². The summed E-state index contributed by atoms with van der Waals surface area (Å²) in [5.41, 5.74) is 5.51. The molecule has 0 rings (SSSR count). The van der Waals surface area contributed by atoms with E-state index >= 15 is 0 Å². The van der Waals surface area contributed by atoms with Gasteiger partial charge in [-0.3, -0.25) is 10.1 Å². The molecule has 0 aliphatic carbocycles. The Hall–Kier alpha value is -0.620. The summed E-state index contributed by atoms with van der Waals surface area (Å²) in [6.45, 7) is 3.81. The summed E-state index contributed by atoms with van der Waals surface area (Å²) >= 11 is 2.98. The normalized spacial score (nSPS) is 9.93. The van der Waals surface area contributed by atoms with Crippen LogP contribution in [0.4, 0.5) is 4.79 Å². The molecule has 0 spiro atoms. The molecule has 0 aromatic heterocycles. The lowest BCUT2D eigenvalue weighted by atomic mass is 10.1. The second-order valence-corrected chi connectivity index (χ2v) is 4.97. The zero-order chi connectivity index (χ0) is 12.0. The van der Waals surface area contributed by atoms with E-state index in [0.29, 0.717) is 5.57 Å². The first-order valence-electron chi connectivity index (χ1n) is 4.37. The highest BCUT2D eigenvalue weighted by molar-refractivity contribution is 8.21. The summed E-state index contributed by atoms with van der Waals surface area (Å²) in [4.78, 5) is 22.2. The number of nitrogens with two attached hydrogens (primary N) is 1. The quantitative estimate of drug-likeness (QED) is 0.744. The third-order valence-electron chi connectivity index (χ3n) is 1.65. The molecule has 15 heavy (non-hydrogen) atoms. The predicted molar refractivity (Wildman–Crippen MR) is 66.6 cm³/mol. The van der Waals surface area contributed by atoms with Crippen LogP contribution < -0.4 is 11.1 Å². The van der Waals surface area contributed by atoms with Crippen LogP contribution in [0.5, 0.6) is 0 Å². The lowest BCUT2D eigenvalue weighted by Gasteiger charge is -2.14. The summed E-state index contributed by atoms with van der Waals surface area (Å²) in [5.74, 6) is -0.351. The highest BCUT2D eigenvalue weighted by Gasteiger charge is 2.19. The van der Waals surface area contributed by atoms with Crippen molar-refractivity contribution in [2.75, 3.05) is 12.5 Å². The van der Waals surface area contributed by atoms with Crippen molar-refractivity contribution in [3.63, 3.8) is 0 Å². The van der Waals surface area contributed by atoms with Crippen LogP contribution in [0.15, 0.2) is 9.81 Å². The van der Waals surface area contributed by atoms with E-state index in [1.807, 2.05) is 26.4 Å². The second kappa shape index (κ2) is 6.79. The van der Waals surface area contributed by atoms with Crippen molar-refractivity contribution >= 4 is 35.5 Å². The molecule has 0 fully saturated rings. The number of imide groups is 1. The van der Waals surface area contributed by atoms with Crippen molar-refractivity contribution < 1.29 is 9.59 Å². The van der Waals surface area contributed by atoms with Crippen LogP contribution in [0.3, 0.4) is 0 Å². The Morgan fingerprint density at radius 2 is 1.67 bits per heavy atom. The van der Waals surface area contributed by atoms with Gasteiger partial charge in [0.2, 0.25) is 0 Å². The van der Waals surface area contributed by atoms with Gasteiger partial charge in [0.05, 0.1) is 0 Å². The summed E-state index contributed by atoms with van der Waals surface area (Å²) in [6, 6.07) is -0.820. The Morgan fingerprint density at radius 1 is 1.20 bits per heavy atom. The number of hydrogen-bond acceptors (Lipinski definition) is 4. The minimum Gasteiger partial charge on any atom is -0.351 e. The third kappa shape index (κ3) is 4.61. The number of nitrogens with one attached hydrogen (secondary N) is 1. The van der Waals surface area contributed by atoms with E-state index in [-0.39, 0.29) is 5.92 Å². The van der Waals surface area contributed by atoms with Crippen LogP contribution in [0, 0.1) is 5.92 Å². The summed E-state index contributed by atoms with van der Waals surface area (Å²) < 4.78 is 0.906. The van der Waals surface area contributed by atoms with E-state index in [4.69, 9.17) is 5.73 Å². The molecule has 0 heterocycles. The van der Waals surface area contributed by atoms with Crippen molar-refractivity contribution in [1.29, 1.82) is 0 Å². The number of thioether (sulfide) groups is 2. The van der Waals surface area contributed by atoms with Gasteiger partial charge in [-0.05, 0) is 18.4 Å². The van der Waals surface area contributed by atoms with Gasteiger partial charge in [0, 0.05) is 9.81 Å². The van der Waals surface area contributed by atoms with Gasteiger partial charge < -0.3 is 5.73 Å². The van der Waals surface area contributed by atoms with Gasteiger partial charge in [-0.25, -0.2) is 4.79 Å². The average Bonchev–Trinajstić information content (AvgIpc) is 2.11. The van der Waals surface area contributed by atoms with Gasteiger partial charge in [-0.2, -0.15) is 0 Å². The molecular weight excluding hydrogens is 232 g/mol. The third-order valence-corrected chi connectivity index (χ3v) is 3.83. The number of carbonyl (C=O) groups excluding carboxylic acids is 2. The molecule has 0 radical (unpaired) electrons. The van der Waals surface area contributed by atoms with Gasteiger partial charge in [0.25, 0.3) is 5.91 Å². The van der Waals surface area contributed by atoms with Crippen molar-refractivity contribution in [3.05, 3.63) is 9.81 Å². The van der Waals surface area contributed by atoms with E-state index in [9.17, 15) is 9.59 Å². The van der Waals surface area contributed by atoms with Crippen molar-refractivity contribution in [2.45, 2.75) is 13.8 Å². The molecule has 0 bridgehead atoms. The molecule has 0 aromatic rings. The first-order valence-corrected chi connectivity index (χ1v) is 6.81. The molecule has 0 aliphatic rings. The van der Waals surface area contributed by atoms with Crippen LogP contribution in [-0.2, 0) is 4.79 Å². The number of carbonyl (C=O) groups is 2. The molecule has 0 aliphatic heterocycles. The van der Waals surface area contributed by atoms with Crippen LogP contribution in [0.25, 0.3) is 0 Å². The Kier molecular flexibility index (Phi) is 6.51. The fourth-order valence-electron chi connectivity index (χ4n) is 1.07. The smallest absolute Gasteiger partial charge is 0.319 e. The molecule has 4 nitrogen and oxygen atoms in total. The zero-order valence-electron chi connectivity index (χ0n) is 9.29. The Morgan fingerprint density at radius 3 is 1.93 bits per heavy atom. The maximum atomic E-state index is 11.7. The Balaban J connectivity index is 5.04. The van der Waals surface area contributed by atoms with Crippen LogP contribution >= 0.6 is 23.5 Å². The molecule has 0 unspecified atom stereocenters. The van der Waals surface area contributed by atoms with E-state index in [0.717, 1.165) is 4.24 Å². The van der Waals surface area contributed by atoms with Crippen molar-refractivity contribution in [1.82, 2.24) is 5.32 Å². The minimum absolute atomic E-state index is 0.0549. The van der Waals surface area contributed by atoms with E-state index in [1.165, 1.54) is 23.5 Å². The molecule has 3 amide bonds. The lowest BCUT2D eigenvalue weighted by molar-refractivity contribution is -0.116. The van der Waals surface area contributed by atoms with Gasteiger partial charge in [0.1, 0.15) is 0 Å². The molecule has 3 N–H and O–H groups in total. The van der Waals surface area contributed by atoms with Crippen molar-refractivity contribution in [3.8, 4) is 0 Å². The summed E-state index contributed by atoms with van der Waals surface area (Å²) in [5, 5.41) is 2.09. The number of urea groups is 1. The molecule has 0 saturated carbocycles. The Bertz CT molecular complexity index is 282. The zero-order valence-corrected chi connectivity index (χ0v) is 10.9. The molecule has 86 valence electrons. The maximum Gasteiger partial charge on any atom is 0.319 e. The number of hydrogen-bond donors (Lipinski definition) is 2. The van der Waals surface area contributed by atoms with Crippen LogP contribution in [-0.4, -0.2) is 24.4 Å². The first kappa shape index (κ1) is 14.4. The van der Waals surface area contributed by atoms with Crippen LogP contribution in [0.2, 0.25) is 0 Å². The standard InChI is InChI=1S/C9H16N2O2S2/c1-5(2)6(8(14-3)15-4)7(12)11-9(10)13/h5H,1-4H3,(H3,10,11,12,13). The highest BCUT2D eigenvalue weighted by atomic mass is 32.2. The molecule has 0 aromatic carbocycles. The summed E-state index contributed by atoms with van der Waals surface area (Å²) in [7, 11) is 0. The monoisotopic (exact) mass is 248 g/mol. The van der Waals surface area contributed by atoms with Crippen molar-refractivity contribution in [2.24, 2.45) is 11.7 Å². The molecule has 0 atom stereocenters. The topological polar surface area (TPSA) is 72.2 Å². The maximum absolute atomic E-state index is 11.7. The Labute approximate surface area is 98.4 Å². The number of amides is 3. The average molecular weight is 248 g/mol. The number of primary amides is 1. The first-order chi connectivity index (χ1) is 6.93. The molecular formula is C9H16N2O2S2. The van der Waals surface area contributed by atoms with E-state index in [1.54, 1.807) is 0 Å². The van der Waals surface area contributed by atoms with Gasteiger partial charge in [-0.15, -0.1) is 23.5 Å². The van der Waals surface area contributed by atoms with E-state index in [2.05, 4.69) is 5.32 Å². The fourth-order valence-corrected chi connectivity index (χ4v) is 2.84. The molecule has 6 heteroatoms. The highest BCUT2D eigenvalue weighted by Crippen LogP contribution is 2.31. The fraction of sp³-hybridized carbons (Fsp3) is 0.556. The largest absolute Gasteiger partial charge is 0.351 e. The summed E-state index contributed by atoms with van der Waals surface area (Å²) in [6.07, 6.45) is 3.79. The van der Waals surface area contributed by atoms with Crippen LogP contribution in [0.1, 0.15) is 13.8 Å². The lowest BCUT2D eigenvalue weighted by Crippen LogP contribution is -2.37. The SMILES string of the molecule is CSC(SC)=C(C(=O)NC(N)=O)C(C)C. The number of rotatable bonds is 4. The van der Waals surface area contributed by atoms with Gasteiger partial charge in [0.15, 0.2) is 0 Å². The van der Waals surface area contributed by atoms with Gasteiger partial charge in [-0.1, -0.05) is 13.8 Å². The predicted octanol–water partition coefficient (Wildman–Crippen LogP) is 1.77.